The van der Waals surface area contributed by atoms with Crippen LogP contribution in [0.25, 0.3) is 0 Å². The first-order valence-corrected chi connectivity index (χ1v) is 6.21. The molecule has 2 heterocycles. The van der Waals surface area contributed by atoms with E-state index in [1.165, 1.54) is 18.5 Å². The van der Waals surface area contributed by atoms with Gasteiger partial charge < -0.3 is 4.57 Å². The molecule has 1 aromatic rings. The molecule has 0 aromatic carbocycles. The monoisotopic (exact) mass is 267 g/mol. The summed E-state index contributed by atoms with van der Waals surface area (Å²) in [6.07, 6.45) is 4.34. The van der Waals surface area contributed by atoms with E-state index in [0.717, 1.165) is 29.8 Å². The normalized spacial score (nSPS) is 16.9. The third-order valence-corrected chi connectivity index (χ3v) is 3.61. The Bertz CT molecular complexity index is 403. The minimum absolute atomic E-state index is 0.0619. The highest BCUT2D eigenvalue weighted by atomic mass is 79.9. The second-order valence-corrected chi connectivity index (χ2v) is 4.66. The SMILES string of the molecule is CCC(C#N)c1nc(Br)c2n1CCCC2. The van der Waals surface area contributed by atoms with Gasteiger partial charge in [0.05, 0.1) is 11.8 Å². The molecule has 0 amide bonds. The van der Waals surface area contributed by atoms with E-state index < -0.39 is 0 Å². The van der Waals surface area contributed by atoms with Gasteiger partial charge in [0.2, 0.25) is 0 Å². The van der Waals surface area contributed by atoms with Crippen molar-refractivity contribution in [2.75, 3.05) is 0 Å². The molecular weight excluding hydrogens is 254 g/mol. The summed E-state index contributed by atoms with van der Waals surface area (Å²) in [5.74, 6) is 0.884. The first kappa shape index (κ1) is 10.7. The maximum atomic E-state index is 9.07. The van der Waals surface area contributed by atoms with Crippen LogP contribution in [0.3, 0.4) is 0 Å². The first-order chi connectivity index (χ1) is 7.27. The third kappa shape index (κ3) is 1.81. The lowest BCUT2D eigenvalue weighted by Gasteiger charge is -2.18. The van der Waals surface area contributed by atoms with Crippen LogP contribution in [0.5, 0.6) is 0 Å². The highest BCUT2D eigenvalue weighted by Gasteiger charge is 2.23. The Balaban J connectivity index is 2.44. The molecule has 15 heavy (non-hydrogen) atoms. The summed E-state index contributed by atoms with van der Waals surface area (Å²) in [6, 6.07) is 2.33. The molecule has 0 bridgehead atoms. The van der Waals surface area contributed by atoms with Crippen molar-refractivity contribution in [3.8, 4) is 6.07 Å². The fourth-order valence-corrected chi connectivity index (χ4v) is 2.72. The average Bonchev–Trinajstić information content (AvgIpc) is 2.60. The Morgan fingerprint density at radius 2 is 2.40 bits per heavy atom. The Kier molecular flexibility index (Phi) is 3.11. The van der Waals surface area contributed by atoms with Crippen molar-refractivity contribution in [1.29, 1.82) is 5.26 Å². The zero-order valence-electron chi connectivity index (χ0n) is 8.83. The van der Waals surface area contributed by atoms with Crippen molar-refractivity contribution in [3.63, 3.8) is 0 Å². The number of aromatic nitrogens is 2. The van der Waals surface area contributed by atoms with Crippen LogP contribution in [-0.2, 0) is 13.0 Å². The Labute approximate surface area is 98.2 Å². The Morgan fingerprint density at radius 3 is 3.07 bits per heavy atom. The molecule has 4 heteroatoms. The van der Waals surface area contributed by atoms with Crippen LogP contribution >= 0.6 is 15.9 Å². The average molecular weight is 268 g/mol. The van der Waals surface area contributed by atoms with Gasteiger partial charge in [0.25, 0.3) is 0 Å². The second-order valence-electron chi connectivity index (χ2n) is 3.91. The molecule has 1 aliphatic rings. The quantitative estimate of drug-likeness (QED) is 0.827. The summed E-state index contributed by atoms with van der Waals surface area (Å²) in [4.78, 5) is 4.49. The number of nitriles is 1. The molecule has 2 rings (SSSR count). The minimum atomic E-state index is -0.0619. The van der Waals surface area contributed by atoms with E-state index >= 15 is 0 Å². The highest BCUT2D eigenvalue weighted by molar-refractivity contribution is 9.10. The summed E-state index contributed by atoms with van der Waals surface area (Å²) < 4.78 is 3.16. The maximum Gasteiger partial charge on any atom is 0.127 e. The van der Waals surface area contributed by atoms with Gasteiger partial charge in [-0.05, 0) is 41.6 Å². The van der Waals surface area contributed by atoms with E-state index in [-0.39, 0.29) is 5.92 Å². The van der Waals surface area contributed by atoms with Gasteiger partial charge >= 0.3 is 0 Å². The predicted octanol–water partition coefficient (Wildman–Crippen LogP) is 3.00. The molecule has 0 fully saturated rings. The van der Waals surface area contributed by atoms with Gasteiger partial charge in [-0.2, -0.15) is 5.26 Å². The molecule has 1 unspecified atom stereocenters. The Hall–Kier alpha value is -0.820. The van der Waals surface area contributed by atoms with Crippen molar-refractivity contribution in [2.24, 2.45) is 0 Å². The smallest absolute Gasteiger partial charge is 0.127 e. The van der Waals surface area contributed by atoms with Crippen LogP contribution < -0.4 is 0 Å². The molecule has 0 saturated heterocycles. The summed E-state index contributed by atoms with van der Waals surface area (Å²) >= 11 is 3.49. The van der Waals surface area contributed by atoms with Gasteiger partial charge in [-0.1, -0.05) is 6.92 Å². The van der Waals surface area contributed by atoms with Crippen molar-refractivity contribution in [1.82, 2.24) is 9.55 Å². The van der Waals surface area contributed by atoms with E-state index in [2.05, 4.69) is 31.6 Å². The number of fused-ring (bicyclic) bond motifs is 1. The molecule has 0 aliphatic carbocycles. The largest absolute Gasteiger partial charge is 0.330 e. The van der Waals surface area contributed by atoms with Crippen LogP contribution in [0.2, 0.25) is 0 Å². The number of nitrogens with zero attached hydrogens (tertiary/aromatic N) is 3. The van der Waals surface area contributed by atoms with Gasteiger partial charge in [0.1, 0.15) is 16.3 Å². The summed E-state index contributed by atoms with van der Waals surface area (Å²) in [5.41, 5.74) is 1.27. The van der Waals surface area contributed by atoms with E-state index in [0.29, 0.717) is 0 Å². The number of halogens is 1. The van der Waals surface area contributed by atoms with E-state index in [4.69, 9.17) is 5.26 Å². The molecule has 1 aromatic heterocycles. The van der Waals surface area contributed by atoms with Crippen LogP contribution in [0, 0.1) is 11.3 Å². The van der Waals surface area contributed by atoms with Gasteiger partial charge in [0.15, 0.2) is 0 Å². The third-order valence-electron chi connectivity index (χ3n) is 2.97. The van der Waals surface area contributed by atoms with Crippen molar-refractivity contribution in [3.05, 3.63) is 16.1 Å². The molecule has 80 valence electrons. The molecule has 0 spiro atoms. The highest BCUT2D eigenvalue weighted by Crippen LogP contribution is 2.29. The zero-order chi connectivity index (χ0) is 10.8. The first-order valence-electron chi connectivity index (χ1n) is 5.42. The maximum absolute atomic E-state index is 9.07. The number of hydrogen-bond acceptors (Lipinski definition) is 2. The minimum Gasteiger partial charge on any atom is -0.330 e. The fourth-order valence-electron chi connectivity index (χ4n) is 2.12. The summed E-state index contributed by atoms with van der Waals surface area (Å²) in [6.45, 7) is 3.05. The molecule has 0 N–H and O–H groups in total. The fraction of sp³-hybridized carbons (Fsp3) is 0.636. The van der Waals surface area contributed by atoms with E-state index in [9.17, 15) is 0 Å². The lowest BCUT2D eigenvalue weighted by atomic mass is 10.1. The molecule has 0 saturated carbocycles. The number of imidazole rings is 1. The lowest BCUT2D eigenvalue weighted by Crippen LogP contribution is -2.14. The van der Waals surface area contributed by atoms with Crippen LogP contribution in [-0.4, -0.2) is 9.55 Å². The number of hydrogen-bond donors (Lipinski definition) is 0. The van der Waals surface area contributed by atoms with Crippen LogP contribution in [0.15, 0.2) is 4.60 Å². The summed E-state index contributed by atoms with van der Waals surface area (Å²) in [5, 5.41) is 9.07. The lowest BCUT2D eigenvalue weighted by molar-refractivity contribution is 0.504. The Morgan fingerprint density at radius 1 is 1.60 bits per heavy atom. The second kappa shape index (κ2) is 4.36. The molecular formula is C11H14BrN3. The van der Waals surface area contributed by atoms with Crippen LogP contribution in [0.1, 0.15) is 43.6 Å². The zero-order valence-corrected chi connectivity index (χ0v) is 10.4. The van der Waals surface area contributed by atoms with Crippen molar-refractivity contribution < 1.29 is 0 Å². The van der Waals surface area contributed by atoms with Gasteiger partial charge in [-0.15, -0.1) is 0 Å². The summed E-state index contributed by atoms with van der Waals surface area (Å²) in [7, 11) is 0. The molecule has 3 nitrogen and oxygen atoms in total. The standard InChI is InChI=1S/C11H14BrN3/c1-2-8(7-13)11-14-10(12)9-5-3-4-6-15(9)11/h8H,2-6H2,1H3. The van der Waals surface area contributed by atoms with Crippen LogP contribution in [0.4, 0.5) is 0 Å². The van der Waals surface area contributed by atoms with Gasteiger partial charge in [-0.3, -0.25) is 0 Å². The predicted molar refractivity (Wildman–Crippen MR) is 61.5 cm³/mol. The topological polar surface area (TPSA) is 41.6 Å². The van der Waals surface area contributed by atoms with Gasteiger partial charge in [0, 0.05) is 6.54 Å². The van der Waals surface area contributed by atoms with Crippen molar-refractivity contribution in [2.45, 2.75) is 45.1 Å². The molecule has 0 radical (unpaired) electrons. The van der Waals surface area contributed by atoms with E-state index in [1.807, 2.05) is 6.92 Å². The number of rotatable bonds is 2. The van der Waals surface area contributed by atoms with E-state index in [1.54, 1.807) is 0 Å². The van der Waals surface area contributed by atoms with Crippen molar-refractivity contribution >= 4 is 15.9 Å². The molecule has 1 atom stereocenters. The molecule has 1 aliphatic heterocycles. The van der Waals surface area contributed by atoms with Gasteiger partial charge in [-0.25, -0.2) is 4.98 Å².